The van der Waals surface area contributed by atoms with Crippen LogP contribution in [0.25, 0.3) is 0 Å². The quantitative estimate of drug-likeness (QED) is 0.674. The molecule has 1 saturated heterocycles. The average Bonchev–Trinajstić information content (AvgIpc) is 2.61. The molecule has 2 aromatic carbocycles. The SMILES string of the molecule is CC(C)(C)c1ccc(NC(=O)N2CCOC(c3cc(Cl)cc(Cl)c3)C2)cc1. The van der Waals surface area contributed by atoms with Gasteiger partial charge in [-0.25, -0.2) is 4.79 Å². The van der Waals surface area contributed by atoms with Crippen LogP contribution in [0.5, 0.6) is 0 Å². The van der Waals surface area contributed by atoms with Gasteiger partial charge in [-0.3, -0.25) is 0 Å². The van der Waals surface area contributed by atoms with Gasteiger partial charge in [-0.05, 0) is 46.9 Å². The third-order valence-electron chi connectivity index (χ3n) is 4.61. The number of nitrogens with one attached hydrogen (secondary N) is 1. The normalized spacial score (nSPS) is 17.7. The van der Waals surface area contributed by atoms with E-state index in [9.17, 15) is 4.79 Å². The van der Waals surface area contributed by atoms with Crippen molar-refractivity contribution in [2.24, 2.45) is 0 Å². The van der Waals surface area contributed by atoms with Gasteiger partial charge in [-0.2, -0.15) is 0 Å². The Morgan fingerprint density at radius 1 is 1.11 bits per heavy atom. The molecule has 6 heteroatoms. The van der Waals surface area contributed by atoms with Crippen molar-refractivity contribution in [2.75, 3.05) is 25.0 Å². The Labute approximate surface area is 170 Å². The summed E-state index contributed by atoms with van der Waals surface area (Å²) in [5, 5.41) is 4.08. The highest BCUT2D eigenvalue weighted by Gasteiger charge is 2.26. The molecule has 1 heterocycles. The van der Waals surface area contributed by atoms with E-state index in [1.54, 1.807) is 11.0 Å². The largest absolute Gasteiger partial charge is 0.370 e. The van der Waals surface area contributed by atoms with Gasteiger partial charge in [0.1, 0.15) is 6.10 Å². The monoisotopic (exact) mass is 406 g/mol. The summed E-state index contributed by atoms with van der Waals surface area (Å²) >= 11 is 12.2. The van der Waals surface area contributed by atoms with Gasteiger partial charge < -0.3 is 15.0 Å². The molecule has 3 rings (SSSR count). The van der Waals surface area contributed by atoms with Crippen LogP contribution in [0.4, 0.5) is 10.5 Å². The summed E-state index contributed by atoms with van der Waals surface area (Å²) in [4.78, 5) is 14.4. The van der Waals surface area contributed by atoms with E-state index in [1.165, 1.54) is 5.56 Å². The van der Waals surface area contributed by atoms with Crippen molar-refractivity contribution >= 4 is 34.9 Å². The molecule has 0 spiro atoms. The average molecular weight is 407 g/mol. The Morgan fingerprint density at radius 3 is 2.33 bits per heavy atom. The third-order valence-corrected chi connectivity index (χ3v) is 5.05. The van der Waals surface area contributed by atoms with Crippen molar-refractivity contribution in [3.8, 4) is 0 Å². The molecular weight excluding hydrogens is 383 g/mol. The fourth-order valence-electron chi connectivity index (χ4n) is 3.05. The standard InChI is InChI=1S/C21H24Cl2N2O2/c1-21(2,3)15-4-6-18(7-5-15)24-20(26)25-8-9-27-19(13-25)14-10-16(22)12-17(23)11-14/h4-7,10-12,19H,8-9,13H2,1-3H3,(H,24,26). The summed E-state index contributed by atoms with van der Waals surface area (Å²) in [6.07, 6.45) is -0.246. The topological polar surface area (TPSA) is 41.6 Å². The second-order valence-electron chi connectivity index (χ2n) is 7.77. The van der Waals surface area contributed by atoms with Crippen molar-refractivity contribution < 1.29 is 9.53 Å². The lowest BCUT2D eigenvalue weighted by molar-refractivity contribution is -0.0134. The van der Waals surface area contributed by atoms with Gasteiger partial charge in [0.05, 0.1) is 13.2 Å². The van der Waals surface area contributed by atoms with Crippen LogP contribution in [0.3, 0.4) is 0 Å². The van der Waals surface area contributed by atoms with Crippen LogP contribution >= 0.6 is 23.2 Å². The maximum atomic E-state index is 12.7. The van der Waals surface area contributed by atoms with E-state index in [0.717, 1.165) is 11.3 Å². The van der Waals surface area contributed by atoms with E-state index in [0.29, 0.717) is 29.7 Å². The van der Waals surface area contributed by atoms with Gasteiger partial charge in [0.2, 0.25) is 0 Å². The Bertz CT molecular complexity index is 796. The Balaban J connectivity index is 1.66. The number of hydrogen-bond acceptors (Lipinski definition) is 2. The molecule has 0 saturated carbocycles. The van der Waals surface area contributed by atoms with Crippen molar-refractivity contribution in [2.45, 2.75) is 32.3 Å². The molecular formula is C21H24Cl2N2O2. The molecule has 1 fully saturated rings. The summed E-state index contributed by atoms with van der Waals surface area (Å²) in [5.41, 5.74) is 2.96. The van der Waals surface area contributed by atoms with E-state index in [1.807, 2.05) is 36.4 Å². The van der Waals surface area contributed by atoms with Crippen LogP contribution in [0.2, 0.25) is 10.0 Å². The van der Waals surface area contributed by atoms with E-state index < -0.39 is 0 Å². The van der Waals surface area contributed by atoms with E-state index in [-0.39, 0.29) is 17.6 Å². The van der Waals surface area contributed by atoms with Crippen LogP contribution in [-0.2, 0) is 10.2 Å². The Kier molecular flexibility index (Phi) is 5.99. The highest BCUT2D eigenvalue weighted by atomic mass is 35.5. The van der Waals surface area contributed by atoms with Crippen LogP contribution in [0.15, 0.2) is 42.5 Å². The van der Waals surface area contributed by atoms with E-state index >= 15 is 0 Å². The molecule has 27 heavy (non-hydrogen) atoms. The zero-order valence-electron chi connectivity index (χ0n) is 15.8. The second-order valence-corrected chi connectivity index (χ2v) is 8.64. The first kappa shape index (κ1) is 20.0. The number of carbonyl (C=O) groups is 1. The minimum atomic E-state index is -0.246. The molecule has 1 unspecified atom stereocenters. The summed E-state index contributed by atoms with van der Waals surface area (Å²) in [6.45, 7) is 7.94. The van der Waals surface area contributed by atoms with Gasteiger partial charge in [0.25, 0.3) is 0 Å². The van der Waals surface area contributed by atoms with Crippen LogP contribution < -0.4 is 5.32 Å². The summed E-state index contributed by atoms with van der Waals surface area (Å²) in [6, 6.07) is 13.2. The molecule has 0 aliphatic carbocycles. The van der Waals surface area contributed by atoms with Crippen LogP contribution in [-0.4, -0.2) is 30.6 Å². The van der Waals surface area contributed by atoms with Crippen LogP contribution in [0.1, 0.15) is 38.0 Å². The number of rotatable bonds is 2. The number of halogens is 2. The number of urea groups is 1. The highest BCUT2D eigenvalue weighted by Crippen LogP contribution is 2.28. The van der Waals surface area contributed by atoms with Gasteiger partial charge in [0.15, 0.2) is 0 Å². The van der Waals surface area contributed by atoms with Crippen LogP contribution in [0, 0.1) is 0 Å². The van der Waals surface area contributed by atoms with Crippen molar-refractivity contribution in [3.63, 3.8) is 0 Å². The lowest BCUT2D eigenvalue weighted by Crippen LogP contribution is -2.44. The first-order valence-electron chi connectivity index (χ1n) is 8.96. The number of benzene rings is 2. The number of nitrogens with zero attached hydrogens (tertiary/aromatic N) is 1. The first-order valence-corrected chi connectivity index (χ1v) is 9.72. The number of hydrogen-bond donors (Lipinski definition) is 1. The van der Waals surface area contributed by atoms with Gasteiger partial charge in [-0.1, -0.05) is 56.1 Å². The molecule has 2 amide bonds. The molecule has 2 aromatic rings. The summed E-state index contributed by atoms with van der Waals surface area (Å²) in [7, 11) is 0. The smallest absolute Gasteiger partial charge is 0.322 e. The van der Waals surface area contributed by atoms with E-state index in [4.69, 9.17) is 27.9 Å². The Hall–Kier alpha value is -1.75. The van der Waals surface area contributed by atoms with Gasteiger partial charge >= 0.3 is 6.03 Å². The number of amides is 2. The molecule has 1 aliphatic heterocycles. The molecule has 0 radical (unpaired) electrons. The first-order chi connectivity index (χ1) is 12.7. The predicted octanol–water partition coefficient (Wildman–Crippen LogP) is 5.90. The lowest BCUT2D eigenvalue weighted by atomic mass is 9.87. The zero-order chi connectivity index (χ0) is 19.6. The fourth-order valence-corrected chi connectivity index (χ4v) is 3.60. The number of ether oxygens (including phenoxy) is 1. The van der Waals surface area contributed by atoms with E-state index in [2.05, 4.69) is 26.1 Å². The molecule has 0 bridgehead atoms. The molecule has 0 aromatic heterocycles. The molecule has 1 aliphatic rings. The minimum absolute atomic E-state index is 0.0815. The maximum absolute atomic E-state index is 12.7. The maximum Gasteiger partial charge on any atom is 0.322 e. The summed E-state index contributed by atoms with van der Waals surface area (Å²) < 4.78 is 5.82. The van der Waals surface area contributed by atoms with Crippen molar-refractivity contribution in [1.82, 2.24) is 4.90 Å². The molecule has 1 atom stereocenters. The van der Waals surface area contributed by atoms with Crippen molar-refractivity contribution in [3.05, 3.63) is 63.6 Å². The number of anilines is 1. The third kappa shape index (κ3) is 5.16. The zero-order valence-corrected chi connectivity index (χ0v) is 17.3. The van der Waals surface area contributed by atoms with Gasteiger partial charge in [0, 0.05) is 22.3 Å². The predicted molar refractivity (Wildman–Crippen MR) is 111 cm³/mol. The summed E-state index contributed by atoms with van der Waals surface area (Å²) in [5.74, 6) is 0. The lowest BCUT2D eigenvalue weighted by Gasteiger charge is -2.33. The molecule has 4 nitrogen and oxygen atoms in total. The molecule has 1 N–H and O–H groups in total. The number of carbonyl (C=O) groups excluding carboxylic acids is 1. The fraction of sp³-hybridized carbons (Fsp3) is 0.381. The molecule has 144 valence electrons. The second kappa shape index (κ2) is 8.09. The number of morpholine rings is 1. The Morgan fingerprint density at radius 2 is 1.74 bits per heavy atom. The van der Waals surface area contributed by atoms with Crippen molar-refractivity contribution in [1.29, 1.82) is 0 Å². The van der Waals surface area contributed by atoms with Gasteiger partial charge in [-0.15, -0.1) is 0 Å². The highest BCUT2D eigenvalue weighted by molar-refractivity contribution is 6.34. The minimum Gasteiger partial charge on any atom is -0.370 e.